The number of carbonyl (C=O) groups excluding carboxylic acids is 2. The first-order valence-corrected chi connectivity index (χ1v) is 28.1. The van der Waals surface area contributed by atoms with E-state index in [4.69, 9.17) is 19.7 Å². The molecule has 6 heterocycles. The Morgan fingerprint density at radius 2 is 1.32 bits per heavy atom. The molecule has 5 aliphatic rings. The second-order valence-electron chi connectivity index (χ2n) is 21.9. The Labute approximate surface area is 453 Å². The molecule has 4 aromatic heterocycles. The van der Waals surface area contributed by atoms with Crippen molar-refractivity contribution in [2.75, 3.05) is 51.9 Å². The van der Waals surface area contributed by atoms with Gasteiger partial charge in [0.1, 0.15) is 17.5 Å². The molecule has 17 nitrogen and oxygen atoms in total. The lowest BCUT2D eigenvalue weighted by molar-refractivity contribution is 0.0997. The zero-order valence-electron chi connectivity index (χ0n) is 43.9. The molecule has 0 spiro atoms. The van der Waals surface area contributed by atoms with E-state index >= 15 is 4.39 Å². The number of benzene rings is 3. The third-order valence-corrected chi connectivity index (χ3v) is 16.3. The fourth-order valence-corrected chi connectivity index (χ4v) is 12.0. The summed E-state index contributed by atoms with van der Waals surface area (Å²) >= 11 is 0. The van der Waals surface area contributed by atoms with Gasteiger partial charge in [0, 0.05) is 109 Å². The van der Waals surface area contributed by atoms with Crippen LogP contribution in [0.2, 0.25) is 0 Å². The molecule has 404 valence electrons. The van der Waals surface area contributed by atoms with Crippen LogP contribution in [-0.2, 0) is 0 Å². The molecule has 0 bridgehead atoms. The lowest BCUT2D eigenvalue weighted by atomic mass is 9.89. The third kappa shape index (κ3) is 12.0. The molecule has 3 aromatic carbocycles. The van der Waals surface area contributed by atoms with Crippen LogP contribution in [0.3, 0.4) is 0 Å². The highest BCUT2D eigenvalue weighted by Crippen LogP contribution is 2.40. The highest BCUT2D eigenvalue weighted by molar-refractivity contribution is 6.05. The highest BCUT2D eigenvalue weighted by Gasteiger charge is 2.33. The average molecular weight is 1050 g/mol. The maximum absolute atomic E-state index is 15.5. The van der Waals surface area contributed by atoms with E-state index < -0.39 is 17.6 Å². The van der Waals surface area contributed by atoms with E-state index in [9.17, 15) is 9.59 Å². The molecule has 6 atom stereocenters. The van der Waals surface area contributed by atoms with Crippen molar-refractivity contribution in [1.29, 1.82) is 0 Å². The molecule has 2 aliphatic heterocycles. The van der Waals surface area contributed by atoms with Crippen molar-refractivity contribution in [2.45, 2.75) is 132 Å². The van der Waals surface area contributed by atoms with E-state index in [2.05, 4.69) is 62.6 Å². The number of halogens is 1. The van der Waals surface area contributed by atoms with Gasteiger partial charge in [-0.05, 0) is 142 Å². The standard InChI is InChI=1S/C60H68FN13O4/c61-47-23-22-46(73-27-7-13-44(35-73)66-48-15-1-3-17-50(48)68-54-31-39(25-26-63-54)38-9-5-11-41(29-38)56(62)75)32-52(47)69-58(76)42-12-6-10-40(30-42)53-34-65-60(77-53)70-51-18-4-2-16-49(51)67-45-14-8-28-74(36-45)55-24-21-43(33-64-55)57-71-59(78-72-57)37-19-20-37/h5-6,9-12,21-26,29-34,37,44-45,48-51,66-67H,1-4,7-8,13-20,27-28,35-36H2,(H2,62,75)(H,63,68)(H,65,70)(H,69,76)/t44-,45-,48+,49+,50+,51+/m0/s1. The third-order valence-electron chi connectivity index (χ3n) is 16.3. The summed E-state index contributed by atoms with van der Waals surface area (Å²) in [6.07, 6.45) is 20.3. The van der Waals surface area contributed by atoms with Gasteiger partial charge in [0.2, 0.25) is 17.6 Å². The van der Waals surface area contributed by atoms with Crippen LogP contribution in [0.5, 0.6) is 0 Å². The number of primary amides is 1. The zero-order valence-corrected chi connectivity index (χ0v) is 43.9. The molecule has 18 heteroatoms. The fourth-order valence-electron chi connectivity index (χ4n) is 12.0. The average Bonchev–Trinajstić information content (AvgIpc) is 4.04. The topological polar surface area (TPSA) is 218 Å². The van der Waals surface area contributed by atoms with Crippen molar-refractivity contribution in [3.63, 3.8) is 0 Å². The molecule has 7 aromatic rings. The summed E-state index contributed by atoms with van der Waals surface area (Å²) in [5, 5.41) is 22.4. The van der Waals surface area contributed by atoms with Gasteiger partial charge in [0.05, 0.1) is 11.9 Å². The fraction of sp³-hybridized carbons (Fsp3) is 0.417. The van der Waals surface area contributed by atoms with E-state index in [0.29, 0.717) is 46.2 Å². The number of carbonyl (C=O) groups is 2. The predicted octanol–water partition coefficient (Wildman–Crippen LogP) is 10.2. The molecule has 12 rings (SSSR count). The maximum Gasteiger partial charge on any atom is 0.295 e. The quantitative estimate of drug-likeness (QED) is 0.0500. The monoisotopic (exact) mass is 1050 g/mol. The molecular formula is C60H68FN13O4. The number of nitrogens with two attached hydrogens (primary N) is 1. The van der Waals surface area contributed by atoms with Crippen molar-refractivity contribution >= 4 is 40.8 Å². The lowest BCUT2D eigenvalue weighted by Gasteiger charge is -2.40. The second-order valence-corrected chi connectivity index (χ2v) is 21.9. The smallest absolute Gasteiger partial charge is 0.295 e. The molecule has 7 N–H and O–H groups in total. The van der Waals surface area contributed by atoms with E-state index in [1.165, 1.54) is 6.07 Å². The number of hydrogen-bond acceptors (Lipinski definition) is 15. The predicted molar refractivity (Wildman–Crippen MR) is 300 cm³/mol. The Morgan fingerprint density at radius 1 is 0.628 bits per heavy atom. The summed E-state index contributed by atoms with van der Waals surface area (Å²) in [4.78, 5) is 49.0. The first kappa shape index (κ1) is 51.1. The number of amides is 2. The molecule has 78 heavy (non-hydrogen) atoms. The van der Waals surface area contributed by atoms with Gasteiger partial charge in [-0.3, -0.25) is 9.59 Å². The molecular weight excluding hydrogens is 986 g/mol. The number of hydrogen-bond donors (Lipinski definition) is 6. The molecule has 2 saturated heterocycles. The minimum absolute atomic E-state index is 0.127. The van der Waals surface area contributed by atoms with E-state index in [0.717, 1.165) is 156 Å². The Bertz CT molecular complexity index is 3220. The van der Waals surface area contributed by atoms with Gasteiger partial charge in [0.25, 0.3) is 11.9 Å². The summed E-state index contributed by atoms with van der Waals surface area (Å²) in [7, 11) is 0. The van der Waals surface area contributed by atoms with Crippen LogP contribution < -0.4 is 42.1 Å². The Balaban J connectivity index is 0.643. The SMILES string of the molecule is NC(=O)c1cccc(-c2ccnc(N[C@@H]3CCCC[C@H]3N[C@H]3CCCN(c4ccc(F)c(NC(=O)c5cccc(-c6cnc(N[C@@H]7CCCC[C@H]7N[C@H]7CCCN(c8ccc(-c9noc(C%10CC%10)n9)cn8)C7)o6)c5)c4)C3)c2)c1. The number of aromatic nitrogens is 5. The molecule has 2 amide bonds. The molecule has 3 aliphatic carbocycles. The van der Waals surface area contributed by atoms with Crippen LogP contribution in [0, 0.1) is 5.82 Å². The number of piperidine rings is 2. The molecule has 5 fully saturated rings. The zero-order chi connectivity index (χ0) is 53.0. The van der Waals surface area contributed by atoms with Crippen LogP contribution >= 0.6 is 0 Å². The first-order chi connectivity index (χ1) is 38.2. The van der Waals surface area contributed by atoms with Crippen molar-refractivity contribution in [1.82, 2.24) is 35.7 Å². The largest absolute Gasteiger partial charge is 0.424 e. The number of nitrogens with zero attached hydrogens (tertiary/aromatic N) is 7. The Hall–Kier alpha value is -7.70. The number of pyridine rings is 2. The summed E-state index contributed by atoms with van der Waals surface area (Å²) in [6.45, 7) is 3.39. The van der Waals surface area contributed by atoms with Gasteiger partial charge in [-0.15, -0.1) is 0 Å². The maximum atomic E-state index is 15.5. The van der Waals surface area contributed by atoms with Crippen LogP contribution in [0.15, 0.2) is 119 Å². The van der Waals surface area contributed by atoms with Gasteiger partial charge in [-0.25, -0.2) is 19.3 Å². The highest BCUT2D eigenvalue weighted by atomic mass is 19.1. The Kier molecular flexibility index (Phi) is 15.1. The van der Waals surface area contributed by atoms with Crippen LogP contribution in [0.4, 0.5) is 33.4 Å². The Morgan fingerprint density at radius 3 is 2.06 bits per heavy atom. The molecule has 0 radical (unpaired) electrons. The van der Waals surface area contributed by atoms with Gasteiger partial charge >= 0.3 is 0 Å². The van der Waals surface area contributed by atoms with Crippen LogP contribution in [-0.4, -0.2) is 99.3 Å². The normalized spacial score (nSPS) is 22.7. The molecule has 3 saturated carbocycles. The van der Waals surface area contributed by atoms with Gasteiger partial charge in [-0.2, -0.15) is 4.98 Å². The number of oxazole rings is 1. The number of rotatable bonds is 17. The van der Waals surface area contributed by atoms with E-state index in [1.54, 1.807) is 48.8 Å². The van der Waals surface area contributed by atoms with Crippen molar-refractivity contribution in [2.24, 2.45) is 5.73 Å². The summed E-state index contributed by atoms with van der Waals surface area (Å²) < 4.78 is 27.3. The van der Waals surface area contributed by atoms with Gasteiger partial charge in [0.15, 0.2) is 5.76 Å². The van der Waals surface area contributed by atoms with Crippen LogP contribution in [0.25, 0.3) is 33.8 Å². The van der Waals surface area contributed by atoms with E-state index in [-0.39, 0.29) is 35.9 Å². The second kappa shape index (κ2) is 23.1. The minimum atomic E-state index is -0.502. The molecule has 0 unspecified atom stereocenters. The number of nitrogens with one attached hydrogen (secondary N) is 5. The number of anilines is 5. The van der Waals surface area contributed by atoms with Crippen molar-refractivity contribution in [3.05, 3.63) is 132 Å². The summed E-state index contributed by atoms with van der Waals surface area (Å²) in [5.74, 6) is 2.62. The van der Waals surface area contributed by atoms with Gasteiger partial charge < -0.3 is 51.1 Å². The lowest BCUT2D eigenvalue weighted by Crippen LogP contribution is -2.55. The van der Waals surface area contributed by atoms with Gasteiger partial charge in [-0.1, -0.05) is 55.1 Å². The van der Waals surface area contributed by atoms with Crippen molar-refractivity contribution in [3.8, 4) is 33.8 Å². The van der Waals surface area contributed by atoms with Crippen molar-refractivity contribution < 1.29 is 22.9 Å². The van der Waals surface area contributed by atoms with E-state index in [1.807, 2.05) is 48.7 Å². The minimum Gasteiger partial charge on any atom is -0.424 e. The first-order valence-electron chi connectivity index (χ1n) is 28.1. The summed E-state index contributed by atoms with van der Waals surface area (Å²) in [5.41, 5.74) is 10.8. The summed E-state index contributed by atoms with van der Waals surface area (Å²) in [6, 6.07) is 29.3. The van der Waals surface area contributed by atoms with Crippen LogP contribution in [0.1, 0.15) is 122 Å².